The number of nitrogens with one attached hydrogen (secondary N) is 1. The second kappa shape index (κ2) is 6.31. The fourth-order valence-corrected chi connectivity index (χ4v) is 2.75. The molecular weight excluding hydrogens is 330 g/mol. The van der Waals surface area contributed by atoms with E-state index in [0.29, 0.717) is 19.6 Å². The Morgan fingerprint density at radius 2 is 1.95 bits per heavy atom. The van der Waals surface area contributed by atoms with Crippen LogP contribution in [0.4, 0.5) is 0 Å². The van der Waals surface area contributed by atoms with Crippen molar-refractivity contribution in [3.05, 3.63) is 64.1 Å². The predicted octanol–water partition coefficient (Wildman–Crippen LogP) is 3.28. The van der Waals surface area contributed by atoms with Gasteiger partial charge in [-0.25, -0.2) is 0 Å². The molecule has 108 valence electrons. The van der Waals surface area contributed by atoms with Gasteiger partial charge in [0, 0.05) is 22.5 Å². The predicted molar refractivity (Wildman–Crippen MR) is 85.5 cm³/mol. The molecule has 0 radical (unpaired) electrons. The van der Waals surface area contributed by atoms with Crippen molar-refractivity contribution in [2.75, 3.05) is 13.2 Å². The number of rotatable bonds is 4. The molecule has 1 aliphatic heterocycles. The molecule has 1 atom stereocenters. The first kappa shape index (κ1) is 14.1. The van der Waals surface area contributed by atoms with Crippen molar-refractivity contribution in [2.24, 2.45) is 0 Å². The summed E-state index contributed by atoms with van der Waals surface area (Å²) in [6, 6.07) is 15.8. The van der Waals surface area contributed by atoms with Crippen molar-refractivity contribution >= 4 is 21.8 Å². The average molecular weight is 346 g/mol. The van der Waals surface area contributed by atoms with Crippen LogP contribution in [0.1, 0.15) is 17.0 Å². The van der Waals surface area contributed by atoms with E-state index in [-0.39, 0.29) is 11.8 Å². The van der Waals surface area contributed by atoms with Crippen molar-refractivity contribution in [3.8, 4) is 5.75 Å². The Morgan fingerprint density at radius 1 is 1.19 bits per heavy atom. The van der Waals surface area contributed by atoms with Gasteiger partial charge in [-0.05, 0) is 23.8 Å². The van der Waals surface area contributed by atoms with Gasteiger partial charge in [0.2, 0.25) is 5.91 Å². The lowest BCUT2D eigenvalue weighted by Crippen LogP contribution is -2.30. The number of para-hydroxylation sites is 1. The Bertz CT molecular complexity index is 639. The van der Waals surface area contributed by atoms with E-state index in [9.17, 15) is 4.79 Å². The van der Waals surface area contributed by atoms with Crippen molar-refractivity contribution in [1.29, 1.82) is 0 Å². The third-order valence-corrected chi connectivity index (χ3v) is 4.15. The molecule has 0 aliphatic carbocycles. The zero-order chi connectivity index (χ0) is 14.7. The SMILES string of the molecule is O=C(Cc1ccc(Br)cc1)NC[C@@H]1COc2ccccc21. The largest absolute Gasteiger partial charge is 0.493 e. The Hall–Kier alpha value is -1.81. The minimum absolute atomic E-state index is 0.0432. The molecule has 1 amide bonds. The summed E-state index contributed by atoms with van der Waals surface area (Å²) >= 11 is 3.39. The molecule has 0 aromatic heterocycles. The van der Waals surface area contributed by atoms with Crippen LogP contribution in [0.25, 0.3) is 0 Å². The fraction of sp³-hybridized carbons (Fsp3) is 0.235. The van der Waals surface area contributed by atoms with Crippen molar-refractivity contribution < 1.29 is 9.53 Å². The molecule has 0 saturated heterocycles. The Labute approximate surface area is 132 Å². The number of amides is 1. The number of benzene rings is 2. The van der Waals surface area contributed by atoms with Crippen molar-refractivity contribution in [1.82, 2.24) is 5.32 Å². The maximum Gasteiger partial charge on any atom is 0.224 e. The van der Waals surface area contributed by atoms with Gasteiger partial charge in [-0.1, -0.05) is 46.3 Å². The third-order valence-electron chi connectivity index (χ3n) is 3.62. The monoisotopic (exact) mass is 345 g/mol. The van der Waals surface area contributed by atoms with Crippen LogP contribution in [0.15, 0.2) is 53.0 Å². The Balaban J connectivity index is 1.54. The van der Waals surface area contributed by atoms with E-state index in [1.165, 1.54) is 5.56 Å². The van der Waals surface area contributed by atoms with Crippen LogP contribution in [-0.2, 0) is 11.2 Å². The molecule has 0 fully saturated rings. The van der Waals surface area contributed by atoms with Crippen LogP contribution in [0.2, 0.25) is 0 Å². The topological polar surface area (TPSA) is 38.3 Å². The highest BCUT2D eigenvalue weighted by Gasteiger charge is 2.23. The van der Waals surface area contributed by atoms with Crippen LogP contribution in [0.3, 0.4) is 0 Å². The van der Waals surface area contributed by atoms with Crippen LogP contribution < -0.4 is 10.1 Å². The molecule has 2 aromatic carbocycles. The van der Waals surface area contributed by atoms with E-state index in [1.54, 1.807) is 0 Å². The molecule has 0 saturated carbocycles. The van der Waals surface area contributed by atoms with Crippen LogP contribution in [0, 0.1) is 0 Å². The summed E-state index contributed by atoms with van der Waals surface area (Å²) in [5, 5.41) is 3.00. The number of hydrogen-bond donors (Lipinski definition) is 1. The lowest BCUT2D eigenvalue weighted by atomic mass is 10.0. The van der Waals surface area contributed by atoms with Gasteiger partial charge in [0.25, 0.3) is 0 Å². The maximum absolute atomic E-state index is 12.0. The molecule has 3 nitrogen and oxygen atoms in total. The smallest absolute Gasteiger partial charge is 0.224 e. The molecule has 1 aliphatic rings. The van der Waals surface area contributed by atoms with E-state index in [2.05, 4.69) is 27.3 Å². The highest BCUT2D eigenvalue weighted by Crippen LogP contribution is 2.32. The summed E-state index contributed by atoms with van der Waals surface area (Å²) in [7, 11) is 0. The average Bonchev–Trinajstić information content (AvgIpc) is 2.91. The Morgan fingerprint density at radius 3 is 2.76 bits per heavy atom. The lowest BCUT2D eigenvalue weighted by molar-refractivity contribution is -0.120. The van der Waals surface area contributed by atoms with Gasteiger partial charge >= 0.3 is 0 Å². The molecule has 1 heterocycles. The first-order valence-electron chi connectivity index (χ1n) is 6.95. The van der Waals surface area contributed by atoms with Gasteiger partial charge in [-0.15, -0.1) is 0 Å². The Kier molecular flexibility index (Phi) is 4.25. The van der Waals surface area contributed by atoms with Gasteiger partial charge < -0.3 is 10.1 Å². The second-order valence-electron chi connectivity index (χ2n) is 5.15. The number of ether oxygens (including phenoxy) is 1. The minimum Gasteiger partial charge on any atom is -0.493 e. The molecule has 2 aromatic rings. The summed E-state index contributed by atoms with van der Waals surface area (Å²) < 4.78 is 6.64. The summed E-state index contributed by atoms with van der Waals surface area (Å²) in [6.07, 6.45) is 0.405. The van der Waals surface area contributed by atoms with Crippen LogP contribution in [-0.4, -0.2) is 19.1 Å². The molecule has 0 bridgehead atoms. The van der Waals surface area contributed by atoms with E-state index >= 15 is 0 Å². The molecule has 3 rings (SSSR count). The molecule has 0 spiro atoms. The number of carbonyl (C=O) groups excluding carboxylic acids is 1. The summed E-state index contributed by atoms with van der Waals surface area (Å²) in [4.78, 5) is 12.0. The quantitative estimate of drug-likeness (QED) is 0.923. The van der Waals surface area contributed by atoms with Gasteiger partial charge in [-0.3, -0.25) is 4.79 Å². The highest BCUT2D eigenvalue weighted by atomic mass is 79.9. The first-order valence-corrected chi connectivity index (χ1v) is 7.74. The molecule has 1 N–H and O–H groups in total. The van der Waals surface area contributed by atoms with E-state index in [4.69, 9.17) is 4.74 Å². The zero-order valence-electron chi connectivity index (χ0n) is 11.5. The summed E-state index contributed by atoms with van der Waals surface area (Å²) in [5.74, 6) is 1.22. The maximum atomic E-state index is 12.0. The fourth-order valence-electron chi connectivity index (χ4n) is 2.49. The number of fused-ring (bicyclic) bond motifs is 1. The molecular formula is C17H16BrNO2. The van der Waals surface area contributed by atoms with Crippen molar-refractivity contribution in [2.45, 2.75) is 12.3 Å². The number of halogens is 1. The molecule has 0 unspecified atom stereocenters. The normalized spacial score (nSPS) is 16.1. The standard InChI is InChI=1S/C17H16BrNO2/c18-14-7-5-12(6-8-14)9-17(20)19-10-13-11-21-16-4-2-1-3-15(13)16/h1-8,13H,9-11H2,(H,19,20)/t13-/m1/s1. The zero-order valence-corrected chi connectivity index (χ0v) is 13.1. The highest BCUT2D eigenvalue weighted by molar-refractivity contribution is 9.10. The van der Waals surface area contributed by atoms with Crippen molar-refractivity contribution in [3.63, 3.8) is 0 Å². The third kappa shape index (κ3) is 3.45. The number of hydrogen-bond acceptors (Lipinski definition) is 2. The van der Waals surface area contributed by atoms with Gasteiger partial charge in [0.1, 0.15) is 5.75 Å². The molecule has 21 heavy (non-hydrogen) atoms. The summed E-state index contributed by atoms with van der Waals surface area (Å²) in [5.41, 5.74) is 2.19. The lowest BCUT2D eigenvalue weighted by Gasteiger charge is -2.10. The van der Waals surface area contributed by atoms with Gasteiger partial charge in [0.05, 0.1) is 13.0 Å². The van der Waals surface area contributed by atoms with E-state index < -0.39 is 0 Å². The number of carbonyl (C=O) groups is 1. The molecule has 4 heteroatoms. The second-order valence-corrected chi connectivity index (χ2v) is 6.07. The van der Waals surface area contributed by atoms with E-state index in [0.717, 1.165) is 15.8 Å². The van der Waals surface area contributed by atoms with E-state index in [1.807, 2.05) is 42.5 Å². The summed E-state index contributed by atoms with van der Waals surface area (Å²) in [6.45, 7) is 1.25. The van der Waals surface area contributed by atoms with Gasteiger partial charge in [-0.2, -0.15) is 0 Å². The minimum atomic E-state index is 0.0432. The van der Waals surface area contributed by atoms with Crippen LogP contribution in [0.5, 0.6) is 5.75 Å². The van der Waals surface area contributed by atoms with Crippen LogP contribution >= 0.6 is 15.9 Å². The first-order chi connectivity index (χ1) is 10.2. The van der Waals surface area contributed by atoms with Gasteiger partial charge in [0.15, 0.2) is 0 Å².